The van der Waals surface area contributed by atoms with E-state index in [1.807, 2.05) is 6.92 Å². The number of carbonyl (C=O) groups excluding carboxylic acids is 3. The Labute approximate surface area is 199 Å². The molecule has 6 nitrogen and oxygen atoms in total. The lowest BCUT2D eigenvalue weighted by Gasteiger charge is -2.07. The molecule has 0 atom stereocenters. The fraction of sp³-hybridized carbons (Fsp3) is 0.174. The molecule has 2 N–H and O–H groups in total. The summed E-state index contributed by atoms with van der Waals surface area (Å²) in [4.78, 5) is 38.5. The number of benzene rings is 2. The topological polar surface area (TPSA) is 84.5 Å². The van der Waals surface area contributed by atoms with Gasteiger partial charge in [0.05, 0.1) is 17.0 Å². The Hall–Kier alpha value is -2.87. The maximum Gasteiger partial charge on any atom is 0.341 e. The van der Waals surface area contributed by atoms with Crippen molar-refractivity contribution >= 4 is 63.0 Å². The Kier molecular flexibility index (Phi) is 7.56. The molecule has 2 aromatic carbocycles. The zero-order valence-corrected chi connectivity index (χ0v) is 19.9. The third-order valence-electron chi connectivity index (χ3n) is 4.60. The highest BCUT2D eigenvalue weighted by molar-refractivity contribution is 7.19. The molecule has 2 amide bonds. The van der Waals surface area contributed by atoms with E-state index in [-0.39, 0.29) is 22.0 Å². The van der Waals surface area contributed by atoms with Crippen LogP contribution in [0.5, 0.6) is 0 Å². The lowest BCUT2D eigenvalue weighted by Crippen LogP contribution is -2.15. The van der Waals surface area contributed by atoms with Gasteiger partial charge in [-0.1, -0.05) is 29.3 Å². The number of amides is 2. The summed E-state index contributed by atoms with van der Waals surface area (Å²) in [5.74, 6) is -1.49. The number of aryl methyl sites for hydroxylation is 1. The minimum absolute atomic E-state index is 0.145. The minimum Gasteiger partial charge on any atom is -0.462 e. The lowest BCUT2D eigenvalue weighted by molar-refractivity contribution is 0.0527. The lowest BCUT2D eigenvalue weighted by atomic mass is 10.1. The van der Waals surface area contributed by atoms with Gasteiger partial charge in [0.1, 0.15) is 5.00 Å². The number of halogens is 2. The number of nitrogens with one attached hydrogen (secondary N) is 2. The summed E-state index contributed by atoms with van der Waals surface area (Å²) in [5.41, 5.74) is 2.31. The molecule has 0 bridgehead atoms. The predicted octanol–water partition coefficient (Wildman–Crippen LogP) is 6.35. The van der Waals surface area contributed by atoms with Crippen LogP contribution >= 0.6 is 34.5 Å². The average molecular weight is 491 g/mol. The van der Waals surface area contributed by atoms with Crippen molar-refractivity contribution in [2.75, 3.05) is 17.2 Å². The van der Waals surface area contributed by atoms with Crippen molar-refractivity contribution in [3.8, 4) is 0 Å². The third-order valence-corrected chi connectivity index (χ3v) is 6.46. The Balaban J connectivity index is 1.93. The van der Waals surface area contributed by atoms with E-state index in [4.69, 9.17) is 27.9 Å². The Morgan fingerprint density at radius 2 is 1.66 bits per heavy atom. The SMILES string of the molecule is CCOC(=O)c1c(NC(=O)c2ccc(Cl)cc2)sc(C(=O)Nc2ccc(C)c(Cl)c2)c1C. The molecule has 0 spiro atoms. The van der Waals surface area contributed by atoms with Crippen LogP contribution in [0.25, 0.3) is 0 Å². The van der Waals surface area contributed by atoms with Crippen LogP contribution in [0, 0.1) is 13.8 Å². The van der Waals surface area contributed by atoms with Crippen LogP contribution in [0.4, 0.5) is 10.7 Å². The van der Waals surface area contributed by atoms with Crippen LogP contribution in [0.1, 0.15) is 48.4 Å². The zero-order chi connectivity index (χ0) is 23.4. The maximum atomic E-state index is 12.9. The summed E-state index contributed by atoms with van der Waals surface area (Å²) >= 11 is 13.0. The van der Waals surface area contributed by atoms with Gasteiger partial charge in [-0.3, -0.25) is 9.59 Å². The fourth-order valence-electron chi connectivity index (χ4n) is 2.90. The molecule has 3 rings (SSSR count). The number of anilines is 2. The van der Waals surface area contributed by atoms with E-state index >= 15 is 0 Å². The maximum absolute atomic E-state index is 12.9. The van der Waals surface area contributed by atoms with E-state index in [2.05, 4.69) is 10.6 Å². The molecule has 0 aliphatic carbocycles. The van der Waals surface area contributed by atoms with E-state index in [1.54, 1.807) is 56.3 Å². The Morgan fingerprint density at radius 1 is 0.969 bits per heavy atom. The summed E-state index contributed by atoms with van der Waals surface area (Å²) in [5, 5.41) is 6.74. The number of ether oxygens (including phenoxy) is 1. The second-order valence-electron chi connectivity index (χ2n) is 6.86. The van der Waals surface area contributed by atoms with Gasteiger partial charge in [-0.15, -0.1) is 11.3 Å². The predicted molar refractivity (Wildman–Crippen MR) is 129 cm³/mol. The second kappa shape index (κ2) is 10.2. The van der Waals surface area contributed by atoms with E-state index in [1.165, 1.54) is 0 Å². The highest BCUT2D eigenvalue weighted by atomic mass is 35.5. The fourth-order valence-corrected chi connectivity index (χ4v) is 4.29. The van der Waals surface area contributed by atoms with Gasteiger partial charge in [-0.2, -0.15) is 0 Å². The number of rotatable bonds is 6. The monoisotopic (exact) mass is 490 g/mol. The highest BCUT2D eigenvalue weighted by Crippen LogP contribution is 2.35. The van der Waals surface area contributed by atoms with Gasteiger partial charge in [0.15, 0.2) is 0 Å². The summed E-state index contributed by atoms with van der Waals surface area (Å²) in [6.07, 6.45) is 0. The molecular formula is C23H20Cl2N2O4S. The van der Waals surface area contributed by atoms with Crippen molar-refractivity contribution in [3.05, 3.63) is 79.6 Å². The summed E-state index contributed by atoms with van der Waals surface area (Å²) in [6.45, 7) is 5.33. The zero-order valence-electron chi connectivity index (χ0n) is 17.5. The molecule has 1 aromatic heterocycles. The standard InChI is InChI=1S/C23H20Cl2N2O4S/c1-4-31-23(30)18-13(3)19(21(29)26-16-10-5-12(2)17(25)11-16)32-22(18)27-20(28)14-6-8-15(24)9-7-14/h5-11H,4H2,1-3H3,(H,26,29)(H,27,28). The minimum atomic E-state index is -0.620. The third kappa shape index (κ3) is 5.30. The number of carbonyl (C=O) groups is 3. The molecule has 0 saturated heterocycles. The van der Waals surface area contributed by atoms with Gasteiger partial charge in [0.25, 0.3) is 11.8 Å². The van der Waals surface area contributed by atoms with Crippen LogP contribution in [-0.4, -0.2) is 24.4 Å². The van der Waals surface area contributed by atoms with Crippen LogP contribution < -0.4 is 10.6 Å². The number of hydrogen-bond donors (Lipinski definition) is 2. The molecule has 0 unspecified atom stereocenters. The summed E-state index contributed by atoms with van der Waals surface area (Å²) in [7, 11) is 0. The molecule has 1 heterocycles. The molecule has 0 radical (unpaired) electrons. The van der Waals surface area contributed by atoms with E-state index < -0.39 is 17.8 Å². The number of esters is 1. The van der Waals surface area contributed by atoms with Crippen LogP contribution in [-0.2, 0) is 4.74 Å². The normalized spacial score (nSPS) is 10.5. The molecule has 0 aliphatic heterocycles. The molecule has 0 fully saturated rings. The quantitative estimate of drug-likeness (QED) is 0.394. The van der Waals surface area contributed by atoms with Gasteiger partial charge in [0.2, 0.25) is 0 Å². The van der Waals surface area contributed by atoms with E-state index in [9.17, 15) is 14.4 Å². The van der Waals surface area contributed by atoms with Gasteiger partial charge in [0, 0.05) is 21.3 Å². The van der Waals surface area contributed by atoms with Gasteiger partial charge >= 0.3 is 5.97 Å². The molecule has 32 heavy (non-hydrogen) atoms. The number of hydrogen-bond acceptors (Lipinski definition) is 5. The van der Waals surface area contributed by atoms with Gasteiger partial charge < -0.3 is 15.4 Å². The van der Waals surface area contributed by atoms with E-state index in [0.29, 0.717) is 26.9 Å². The summed E-state index contributed by atoms with van der Waals surface area (Å²) < 4.78 is 5.14. The van der Waals surface area contributed by atoms with Crippen molar-refractivity contribution in [1.29, 1.82) is 0 Å². The Bertz CT molecular complexity index is 1190. The first-order valence-corrected chi connectivity index (χ1v) is 11.2. The van der Waals surface area contributed by atoms with Crippen LogP contribution in [0.15, 0.2) is 42.5 Å². The first kappa shape index (κ1) is 23.8. The molecule has 0 saturated carbocycles. The summed E-state index contributed by atoms with van der Waals surface area (Å²) in [6, 6.07) is 11.5. The van der Waals surface area contributed by atoms with Crippen molar-refractivity contribution in [2.24, 2.45) is 0 Å². The molecular weight excluding hydrogens is 471 g/mol. The van der Waals surface area contributed by atoms with Crippen molar-refractivity contribution in [1.82, 2.24) is 0 Å². The molecule has 166 valence electrons. The smallest absolute Gasteiger partial charge is 0.341 e. The molecule has 0 aliphatic rings. The van der Waals surface area contributed by atoms with Crippen LogP contribution in [0.2, 0.25) is 10.0 Å². The first-order chi connectivity index (χ1) is 15.2. The van der Waals surface area contributed by atoms with Crippen LogP contribution in [0.3, 0.4) is 0 Å². The highest BCUT2D eigenvalue weighted by Gasteiger charge is 2.27. The Morgan fingerprint density at radius 3 is 2.28 bits per heavy atom. The largest absolute Gasteiger partial charge is 0.462 e. The van der Waals surface area contributed by atoms with Gasteiger partial charge in [-0.05, 0) is 68.3 Å². The van der Waals surface area contributed by atoms with Crippen molar-refractivity contribution in [3.63, 3.8) is 0 Å². The van der Waals surface area contributed by atoms with Crippen molar-refractivity contribution < 1.29 is 19.1 Å². The first-order valence-electron chi connectivity index (χ1n) is 9.66. The van der Waals surface area contributed by atoms with Crippen molar-refractivity contribution in [2.45, 2.75) is 20.8 Å². The average Bonchev–Trinajstić information content (AvgIpc) is 3.07. The number of thiophene rings is 1. The van der Waals surface area contributed by atoms with E-state index in [0.717, 1.165) is 16.9 Å². The molecule has 3 aromatic rings. The molecule has 9 heteroatoms. The van der Waals surface area contributed by atoms with Gasteiger partial charge in [-0.25, -0.2) is 4.79 Å². The second-order valence-corrected chi connectivity index (χ2v) is 8.72.